The van der Waals surface area contributed by atoms with Gasteiger partial charge in [0, 0.05) is 30.9 Å². The van der Waals surface area contributed by atoms with E-state index in [2.05, 4.69) is 42.3 Å². The summed E-state index contributed by atoms with van der Waals surface area (Å²) in [5, 5.41) is 3.71. The highest BCUT2D eigenvalue weighted by atomic mass is 15.2. The monoisotopic (exact) mass is 244 g/mol. The molecule has 0 radical (unpaired) electrons. The molecule has 1 aliphatic carbocycles. The van der Waals surface area contributed by atoms with Gasteiger partial charge in [-0.3, -0.25) is 0 Å². The maximum atomic E-state index is 3.71. The lowest BCUT2D eigenvalue weighted by Gasteiger charge is -2.46. The first-order valence-corrected chi connectivity index (χ1v) is 7.33. The van der Waals surface area contributed by atoms with Crippen LogP contribution in [0.3, 0.4) is 0 Å². The van der Waals surface area contributed by atoms with E-state index in [0.29, 0.717) is 12.1 Å². The molecule has 2 atom stereocenters. The highest BCUT2D eigenvalue weighted by molar-refractivity contribution is 5.56. The van der Waals surface area contributed by atoms with Crippen LogP contribution in [0.2, 0.25) is 0 Å². The second-order valence-electron chi connectivity index (χ2n) is 5.90. The molecule has 18 heavy (non-hydrogen) atoms. The van der Waals surface area contributed by atoms with Crippen molar-refractivity contribution in [2.45, 2.75) is 51.6 Å². The Bertz CT molecular complexity index is 425. The molecule has 2 heteroatoms. The molecule has 2 fully saturated rings. The molecular formula is C16H24N2. The molecular weight excluding hydrogens is 220 g/mol. The van der Waals surface area contributed by atoms with Gasteiger partial charge in [0.1, 0.15) is 0 Å². The predicted molar refractivity (Wildman–Crippen MR) is 77.3 cm³/mol. The van der Waals surface area contributed by atoms with Crippen molar-refractivity contribution in [3.05, 3.63) is 29.3 Å². The predicted octanol–water partition coefficient (Wildman–Crippen LogP) is 3.02. The van der Waals surface area contributed by atoms with Crippen molar-refractivity contribution >= 4 is 5.69 Å². The number of anilines is 1. The number of nitrogens with one attached hydrogen (secondary N) is 1. The lowest BCUT2D eigenvalue weighted by molar-refractivity contribution is 0.284. The van der Waals surface area contributed by atoms with Gasteiger partial charge in [0.15, 0.2) is 0 Å². The first-order chi connectivity index (χ1) is 8.75. The zero-order valence-corrected chi connectivity index (χ0v) is 11.6. The van der Waals surface area contributed by atoms with Gasteiger partial charge in [-0.2, -0.15) is 0 Å². The lowest BCUT2D eigenvalue weighted by atomic mass is 9.87. The summed E-state index contributed by atoms with van der Waals surface area (Å²) < 4.78 is 0. The van der Waals surface area contributed by atoms with E-state index in [-0.39, 0.29) is 0 Å². The Labute approximate surface area is 110 Å². The van der Waals surface area contributed by atoms with Crippen LogP contribution in [0.5, 0.6) is 0 Å². The number of hydrogen-bond acceptors (Lipinski definition) is 2. The standard InChI is InChI=1S/C16H24N2/c1-12-7-8-13(2)16(11-12)18-10-9-17-14-5-3-4-6-15(14)18/h7-8,11,14-15,17H,3-6,9-10H2,1-2H3/t14-,15+/m0/s1. The Hall–Kier alpha value is -1.02. The third-order valence-corrected chi connectivity index (χ3v) is 4.56. The average Bonchev–Trinajstić information content (AvgIpc) is 2.41. The van der Waals surface area contributed by atoms with E-state index in [1.54, 1.807) is 0 Å². The Morgan fingerprint density at radius 3 is 2.89 bits per heavy atom. The molecule has 1 N–H and O–H groups in total. The molecule has 3 rings (SSSR count). The summed E-state index contributed by atoms with van der Waals surface area (Å²) in [5.74, 6) is 0. The smallest absolute Gasteiger partial charge is 0.0443 e. The summed E-state index contributed by atoms with van der Waals surface area (Å²) in [4.78, 5) is 2.67. The van der Waals surface area contributed by atoms with Crippen molar-refractivity contribution in [1.29, 1.82) is 0 Å². The van der Waals surface area contributed by atoms with Gasteiger partial charge in [0.25, 0.3) is 0 Å². The van der Waals surface area contributed by atoms with Crippen LogP contribution in [-0.2, 0) is 0 Å². The fourth-order valence-corrected chi connectivity index (χ4v) is 3.59. The molecule has 1 saturated heterocycles. The summed E-state index contributed by atoms with van der Waals surface area (Å²) in [6.07, 6.45) is 5.50. The summed E-state index contributed by atoms with van der Waals surface area (Å²) in [6.45, 7) is 6.73. The van der Waals surface area contributed by atoms with Crippen LogP contribution in [-0.4, -0.2) is 25.2 Å². The molecule has 0 unspecified atom stereocenters. The van der Waals surface area contributed by atoms with Crippen LogP contribution in [0, 0.1) is 13.8 Å². The van der Waals surface area contributed by atoms with Crippen molar-refractivity contribution in [2.75, 3.05) is 18.0 Å². The van der Waals surface area contributed by atoms with E-state index in [1.807, 2.05) is 0 Å². The third kappa shape index (κ3) is 2.14. The van der Waals surface area contributed by atoms with Crippen molar-refractivity contribution in [3.63, 3.8) is 0 Å². The van der Waals surface area contributed by atoms with Crippen LogP contribution in [0.1, 0.15) is 36.8 Å². The molecule has 1 saturated carbocycles. The quantitative estimate of drug-likeness (QED) is 0.817. The molecule has 1 aromatic rings. The van der Waals surface area contributed by atoms with Crippen LogP contribution in [0.4, 0.5) is 5.69 Å². The molecule has 0 amide bonds. The Balaban J connectivity index is 1.91. The minimum atomic E-state index is 0.715. The number of hydrogen-bond donors (Lipinski definition) is 1. The molecule has 0 bridgehead atoms. The van der Waals surface area contributed by atoms with Gasteiger partial charge in [-0.1, -0.05) is 25.0 Å². The molecule has 0 aromatic heterocycles. The fraction of sp³-hybridized carbons (Fsp3) is 0.625. The minimum Gasteiger partial charge on any atom is -0.365 e. The fourth-order valence-electron chi connectivity index (χ4n) is 3.59. The number of aryl methyl sites for hydroxylation is 2. The van der Waals surface area contributed by atoms with Gasteiger partial charge < -0.3 is 10.2 Å². The largest absolute Gasteiger partial charge is 0.365 e. The Morgan fingerprint density at radius 2 is 2.00 bits per heavy atom. The number of benzene rings is 1. The van der Waals surface area contributed by atoms with Crippen LogP contribution < -0.4 is 10.2 Å². The number of nitrogens with zero attached hydrogens (tertiary/aromatic N) is 1. The molecule has 1 aromatic carbocycles. The number of rotatable bonds is 1. The SMILES string of the molecule is Cc1ccc(C)c(N2CCN[C@H]3CCCC[C@H]32)c1. The molecule has 0 spiro atoms. The normalized spacial score (nSPS) is 28.0. The van der Waals surface area contributed by atoms with E-state index in [9.17, 15) is 0 Å². The summed E-state index contributed by atoms with van der Waals surface area (Å²) >= 11 is 0. The maximum absolute atomic E-state index is 3.71. The highest BCUT2D eigenvalue weighted by Gasteiger charge is 2.33. The topological polar surface area (TPSA) is 15.3 Å². The van der Waals surface area contributed by atoms with E-state index in [4.69, 9.17) is 0 Å². The van der Waals surface area contributed by atoms with Gasteiger partial charge in [-0.15, -0.1) is 0 Å². The zero-order chi connectivity index (χ0) is 12.5. The van der Waals surface area contributed by atoms with Gasteiger partial charge in [-0.25, -0.2) is 0 Å². The second-order valence-corrected chi connectivity index (χ2v) is 5.90. The summed E-state index contributed by atoms with van der Waals surface area (Å²) in [6, 6.07) is 8.29. The van der Waals surface area contributed by atoms with Crippen molar-refractivity contribution in [1.82, 2.24) is 5.32 Å². The van der Waals surface area contributed by atoms with E-state index in [1.165, 1.54) is 42.5 Å². The number of piperazine rings is 1. The third-order valence-electron chi connectivity index (χ3n) is 4.56. The first-order valence-electron chi connectivity index (χ1n) is 7.33. The average molecular weight is 244 g/mol. The van der Waals surface area contributed by atoms with Gasteiger partial charge in [0.05, 0.1) is 0 Å². The van der Waals surface area contributed by atoms with Crippen molar-refractivity contribution in [3.8, 4) is 0 Å². The highest BCUT2D eigenvalue weighted by Crippen LogP contribution is 2.31. The van der Waals surface area contributed by atoms with Crippen LogP contribution in [0.25, 0.3) is 0 Å². The molecule has 2 aliphatic rings. The summed E-state index contributed by atoms with van der Waals surface area (Å²) in [7, 11) is 0. The number of fused-ring (bicyclic) bond motifs is 1. The van der Waals surface area contributed by atoms with E-state index < -0.39 is 0 Å². The van der Waals surface area contributed by atoms with Crippen molar-refractivity contribution < 1.29 is 0 Å². The van der Waals surface area contributed by atoms with Gasteiger partial charge in [-0.05, 0) is 43.9 Å². The molecule has 98 valence electrons. The molecule has 1 heterocycles. The zero-order valence-electron chi connectivity index (χ0n) is 11.6. The Kier molecular flexibility index (Phi) is 3.29. The second kappa shape index (κ2) is 4.93. The van der Waals surface area contributed by atoms with Crippen LogP contribution in [0.15, 0.2) is 18.2 Å². The first kappa shape index (κ1) is 12.0. The maximum Gasteiger partial charge on any atom is 0.0443 e. The summed E-state index contributed by atoms with van der Waals surface area (Å²) in [5.41, 5.74) is 4.27. The lowest BCUT2D eigenvalue weighted by Crippen LogP contribution is -2.59. The molecule has 1 aliphatic heterocycles. The van der Waals surface area contributed by atoms with E-state index >= 15 is 0 Å². The van der Waals surface area contributed by atoms with Gasteiger partial charge in [0.2, 0.25) is 0 Å². The molecule has 2 nitrogen and oxygen atoms in total. The van der Waals surface area contributed by atoms with Gasteiger partial charge >= 0.3 is 0 Å². The van der Waals surface area contributed by atoms with Crippen LogP contribution >= 0.6 is 0 Å². The minimum absolute atomic E-state index is 0.715. The van der Waals surface area contributed by atoms with Crippen molar-refractivity contribution in [2.24, 2.45) is 0 Å². The van der Waals surface area contributed by atoms with E-state index in [0.717, 1.165) is 13.1 Å². The Morgan fingerprint density at radius 1 is 1.17 bits per heavy atom.